The highest BCUT2D eigenvalue weighted by molar-refractivity contribution is 5.76. The number of halogens is 1. The molecule has 5 nitrogen and oxygen atoms in total. The van der Waals surface area contributed by atoms with E-state index in [0.29, 0.717) is 18.6 Å². The summed E-state index contributed by atoms with van der Waals surface area (Å²) >= 11 is 0. The highest BCUT2D eigenvalue weighted by atomic mass is 19.1. The molecule has 2 fully saturated rings. The second kappa shape index (κ2) is 8.25. The van der Waals surface area contributed by atoms with Crippen LogP contribution in [0.15, 0.2) is 24.3 Å². The first-order valence-electron chi connectivity index (χ1n) is 8.91. The van der Waals surface area contributed by atoms with Crippen LogP contribution in [0.2, 0.25) is 0 Å². The van der Waals surface area contributed by atoms with Crippen molar-refractivity contribution in [3.63, 3.8) is 0 Å². The third kappa shape index (κ3) is 4.77. The van der Waals surface area contributed by atoms with E-state index in [4.69, 9.17) is 9.47 Å². The fourth-order valence-corrected chi connectivity index (χ4v) is 3.72. The molecule has 0 bridgehead atoms. The molecule has 1 heterocycles. The van der Waals surface area contributed by atoms with Crippen molar-refractivity contribution >= 4 is 5.91 Å². The Morgan fingerprint density at radius 3 is 2.80 bits per heavy atom. The Balaban J connectivity index is 1.51. The minimum absolute atomic E-state index is 0.00963. The second-order valence-corrected chi connectivity index (χ2v) is 7.21. The van der Waals surface area contributed by atoms with E-state index in [-0.39, 0.29) is 24.4 Å². The van der Waals surface area contributed by atoms with E-state index in [0.717, 1.165) is 38.1 Å². The van der Waals surface area contributed by atoms with Crippen LogP contribution in [0.3, 0.4) is 0 Å². The van der Waals surface area contributed by atoms with Gasteiger partial charge in [0.2, 0.25) is 5.91 Å². The van der Waals surface area contributed by atoms with E-state index in [1.807, 2.05) is 12.1 Å². The quantitative estimate of drug-likeness (QED) is 0.786. The third-order valence-corrected chi connectivity index (χ3v) is 5.13. The molecule has 3 atom stereocenters. The van der Waals surface area contributed by atoms with E-state index in [1.54, 1.807) is 19.0 Å². The van der Waals surface area contributed by atoms with Crippen LogP contribution in [0.5, 0.6) is 0 Å². The third-order valence-electron chi connectivity index (χ3n) is 5.13. The van der Waals surface area contributed by atoms with Crippen molar-refractivity contribution in [3.05, 3.63) is 35.6 Å². The molecule has 1 amide bonds. The number of ether oxygens (including phenoxy) is 2. The first-order valence-corrected chi connectivity index (χ1v) is 8.91. The highest BCUT2D eigenvalue weighted by Crippen LogP contribution is 2.35. The van der Waals surface area contributed by atoms with Gasteiger partial charge in [0, 0.05) is 33.2 Å². The Morgan fingerprint density at radius 2 is 2.08 bits per heavy atom. The Morgan fingerprint density at radius 1 is 1.32 bits per heavy atom. The molecule has 0 spiro atoms. The predicted molar refractivity (Wildman–Crippen MR) is 92.6 cm³/mol. The van der Waals surface area contributed by atoms with Crippen molar-refractivity contribution in [2.24, 2.45) is 5.92 Å². The zero-order valence-corrected chi connectivity index (χ0v) is 15.0. The summed E-state index contributed by atoms with van der Waals surface area (Å²) in [7, 11) is 3.47. The minimum Gasteiger partial charge on any atom is -0.375 e. The highest BCUT2D eigenvalue weighted by Gasteiger charge is 2.40. The van der Waals surface area contributed by atoms with Crippen molar-refractivity contribution in [2.45, 2.75) is 31.5 Å². The van der Waals surface area contributed by atoms with Gasteiger partial charge in [-0.05, 0) is 36.5 Å². The van der Waals surface area contributed by atoms with Crippen LogP contribution in [-0.2, 0) is 20.8 Å². The van der Waals surface area contributed by atoms with Crippen LogP contribution in [0.1, 0.15) is 18.4 Å². The summed E-state index contributed by atoms with van der Waals surface area (Å²) in [5, 5.41) is 0. The van der Waals surface area contributed by atoms with Gasteiger partial charge in [-0.2, -0.15) is 0 Å². The van der Waals surface area contributed by atoms with Gasteiger partial charge in [-0.3, -0.25) is 9.69 Å². The molecule has 0 aromatic heterocycles. The smallest absolute Gasteiger partial charge is 0.248 e. The Labute approximate surface area is 148 Å². The zero-order valence-electron chi connectivity index (χ0n) is 15.0. The lowest BCUT2D eigenvalue weighted by atomic mass is 10.1. The van der Waals surface area contributed by atoms with E-state index in [1.165, 1.54) is 12.1 Å². The summed E-state index contributed by atoms with van der Waals surface area (Å²) in [6.45, 7) is 3.18. The van der Waals surface area contributed by atoms with E-state index < -0.39 is 0 Å². The van der Waals surface area contributed by atoms with Crippen LogP contribution in [-0.4, -0.2) is 68.3 Å². The standard InChI is InChI=1S/C19H27FN2O3/c1-21(2)19(23)13-24-12-15-9-17-18(10-15)25-8-7-22(17)11-14-3-5-16(20)6-4-14/h3-6,15,17-18H,7-13H2,1-2H3/t15-,17-,18+/m0/s1. The second-order valence-electron chi connectivity index (χ2n) is 7.21. The van der Waals surface area contributed by atoms with Gasteiger partial charge < -0.3 is 14.4 Å². The van der Waals surface area contributed by atoms with Crippen molar-refractivity contribution < 1.29 is 18.7 Å². The molecule has 3 rings (SSSR count). The molecule has 2 aliphatic rings. The lowest BCUT2D eigenvalue weighted by Gasteiger charge is -2.37. The molecule has 1 aromatic carbocycles. The van der Waals surface area contributed by atoms with E-state index in [9.17, 15) is 9.18 Å². The average Bonchev–Trinajstić information content (AvgIpc) is 3.00. The SMILES string of the molecule is CN(C)C(=O)COC[C@@H]1C[C@H]2OCCN(Cc3ccc(F)cc3)[C@H]2C1. The molecular formula is C19H27FN2O3. The van der Waals surface area contributed by atoms with Crippen LogP contribution in [0.4, 0.5) is 4.39 Å². The van der Waals surface area contributed by atoms with Crippen molar-refractivity contribution in [1.82, 2.24) is 9.80 Å². The maximum atomic E-state index is 13.1. The summed E-state index contributed by atoms with van der Waals surface area (Å²) in [4.78, 5) is 15.6. The lowest BCUT2D eigenvalue weighted by Crippen LogP contribution is -2.47. The Bertz CT molecular complexity index is 579. The maximum absolute atomic E-state index is 13.1. The molecular weight excluding hydrogens is 323 g/mol. The molecule has 1 aromatic rings. The largest absolute Gasteiger partial charge is 0.375 e. The molecule has 6 heteroatoms. The number of carbonyl (C=O) groups excluding carboxylic acids is 1. The van der Waals surface area contributed by atoms with E-state index in [2.05, 4.69) is 4.90 Å². The normalized spacial score (nSPS) is 26.4. The number of nitrogens with zero attached hydrogens (tertiary/aromatic N) is 2. The number of hydrogen-bond donors (Lipinski definition) is 0. The number of rotatable bonds is 6. The molecule has 1 saturated carbocycles. The Hall–Kier alpha value is -1.50. The van der Waals surface area contributed by atoms with Gasteiger partial charge in [0.25, 0.3) is 0 Å². The first-order chi connectivity index (χ1) is 12.0. The summed E-state index contributed by atoms with van der Waals surface area (Å²) in [5.74, 6) is 0.206. The molecule has 1 aliphatic carbocycles. The van der Waals surface area contributed by atoms with Gasteiger partial charge in [0.1, 0.15) is 12.4 Å². The lowest BCUT2D eigenvalue weighted by molar-refractivity contribution is -0.134. The number of amides is 1. The number of likely N-dealkylation sites (N-methyl/N-ethyl adjacent to an activating group) is 1. The fraction of sp³-hybridized carbons (Fsp3) is 0.632. The van der Waals surface area contributed by atoms with Crippen molar-refractivity contribution in [3.8, 4) is 0 Å². The molecule has 0 radical (unpaired) electrons. The number of morpholine rings is 1. The van der Waals surface area contributed by atoms with Gasteiger partial charge in [-0.1, -0.05) is 12.1 Å². The number of carbonyl (C=O) groups is 1. The van der Waals surface area contributed by atoms with E-state index >= 15 is 0 Å². The molecule has 25 heavy (non-hydrogen) atoms. The summed E-state index contributed by atoms with van der Waals surface area (Å²) in [6, 6.07) is 7.10. The summed E-state index contributed by atoms with van der Waals surface area (Å²) in [5.41, 5.74) is 1.12. The average molecular weight is 350 g/mol. The molecule has 138 valence electrons. The maximum Gasteiger partial charge on any atom is 0.248 e. The van der Waals surface area contributed by atoms with Crippen LogP contribution in [0, 0.1) is 11.7 Å². The summed E-state index contributed by atoms with van der Waals surface area (Å²) in [6.07, 6.45) is 2.22. The van der Waals surface area contributed by atoms with Gasteiger partial charge in [-0.15, -0.1) is 0 Å². The van der Waals surface area contributed by atoms with Crippen molar-refractivity contribution in [1.29, 1.82) is 0 Å². The topological polar surface area (TPSA) is 42.0 Å². The zero-order chi connectivity index (χ0) is 17.8. The van der Waals surface area contributed by atoms with Crippen molar-refractivity contribution in [2.75, 3.05) is 40.5 Å². The minimum atomic E-state index is -0.200. The monoisotopic (exact) mass is 350 g/mol. The van der Waals surface area contributed by atoms with Crippen LogP contribution < -0.4 is 0 Å². The number of hydrogen-bond acceptors (Lipinski definition) is 4. The first kappa shape index (κ1) is 18.3. The predicted octanol–water partition coefficient (Wildman–Crippen LogP) is 1.91. The van der Waals surface area contributed by atoms with Crippen LogP contribution in [0.25, 0.3) is 0 Å². The van der Waals surface area contributed by atoms with Gasteiger partial charge in [0.15, 0.2) is 0 Å². The van der Waals surface area contributed by atoms with Gasteiger partial charge >= 0.3 is 0 Å². The van der Waals surface area contributed by atoms with Crippen LogP contribution >= 0.6 is 0 Å². The number of benzene rings is 1. The molecule has 1 aliphatic heterocycles. The summed E-state index contributed by atoms with van der Waals surface area (Å²) < 4.78 is 24.6. The molecule has 0 unspecified atom stereocenters. The molecule has 1 saturated heterocycles. The Kier molecular flexibility index (Phi) is 6.04. The number of fused-ring (bicyclic) bond motifs is 1. The molecule has 0 N–H and O–H groups in total. The fourth-order valence-electron chi connectivity index (χ4n) is 3.72. The van der Waals surface area contributed by atoms with Gasteiger partial charge in [-0.25, -0.2) is 4.39 Å². The van der Waals surface area contributed by atoms with Gasteiger partial charge in [0.05, 0.1) is 19.3 Å².